The van der Waals surface area contributed by atoms with Crippen molar-refractivity contribution in [1.82, 2.24) is 39.7 Å². The van der Waals surface area contributed by atoms with Crippen molar-refractivity contribution in [2.24, 2.45) is 5.92 Å². The number of imidazole rings is 1. The van der Waals surface area contributed by atoms with Gasteiger partial charge in [0.1, 0.15) is 35.3 Å². The summed E-state index contributed by atoms with van der Waals surface area (Å²) in [5.41, 5.74) is 5.65. The SMILES string of the molecule is C=C1COc2nc(-c3nc(C4C5CC5c5cc(-c6cc(Cl)ccc6-n6cnnn6)cc(=O)n54)[nH]c3Cl)ccc2N1. The minimum atomic E-state index is -0.259. The lowest BCUT2D eigenvalue weighted by molar-refractivity contribution is 0.333. The van der Waals surface area contributed by atoms with E-state index in [1.807, 2.05) is 28.8 Å². The minimum absolute atomic E-state index is 0.131. The van der Waals surface area contributed by atoms with Crippen LogP contribution in [-0.2, 0) is 0 Å². The fourth-order valence-corrected chi connectivity index (χ4v) is 6.22. The molecule has 0 radical (unpaired) electrons. The second-order valence-corrected chi connectivity index (χ2v) is 10.9. The first kappa shape index (κ1) is 23.4. The second kappa shape index (κ2) is 8.51. The average molecular weight is 572 g/mol. The van der Waals surface area contributed by atoms with Crippen LogP contribution in [0.25, 0.3) is 28.2 Å². The highest BCUT2D eigenvalue weighted by Crippen LogP contribution is 2.60. The van der Waals surface area contributed by atoms with Crippen molar-refractivity contribution in [3.05, 3.63) is 93.1 Å². The van der Waals surface area contributed by atoms with Crippen molar-refractivity contribution >= 4 is 28.9 Å². The number of benzene rings is 1. The summed E-state index contributed by atoms with van der Waals surface area (Å²) in [6, 6.07) is 12.5. The first-order chi connectivity index (χ1) is 19.4. The number of tetrazole rings is 1. The van der Waals surface area contributed by atoms with Crippen LogP contribution in [0, 0.1) is 5.92 Å². The summed E-state index contributed by atoms with van der Waals surface area (Å²) in [4.78, 5) is 26.3. The Bertz CT molecular complexity index is 1910. The molecule has 5 aromatic rings. The van der Waals surface area contributed by atoms with Crippen molar-refractivity contribution in [2.75, 3.05) is 11.9 Å². The number of hydrogen-bond donors (Lipinski definition) is 2. The lowest BCUT2D eigenvalue weighted by Crippen LogP contribution is -2.26. The third kappa shape index (κ3) is 3.58. The largest absolute Gasteiger partial charge is 0.470 e. The van der Waals surface area contributed by atoms with Gasteiger partial charge in [0, 0.05) is 34.0 Å². The van der Waals surface area contributed by atoms with Crippen LogP contribution in [0.4, 0.5) is 5.69 Å². The molecule has 6 heterocycles. The lowest BCUT2D eigenvalue weighted by Gasteiger charge is -2.20. The standard InChI is InChI=1S/C27H19Cl2N9O2/c1-12-10-40-27-19(31-12)4-3-18(32-27)23-25(29)34-26(33-23)24-17-9-16(17)21-6-13(7-22(39)38(21)24)15-8-14(28)2-5-20(15)37-11-30-35-36-37/h2-8,11,16-17,24,31H,1,9-10H2,(H,33,34). The minimum Gasteiger partial charge on any atom is -0.470 e. The number of fused-ring (bicyclic) bond motifs is 4. The molecule has 13 heteroatoms. The van der Waals surface area contributed by atoms with Gasteiger partial charge in [-0.15, -0.1) is 5.10 Å². The summed E-state index contributed by atoms with van der Waals surface area (Å²) < 4.78 is 9.07. The van der Waals surface area contributed by atoms with Crippen LogP contribution >= 0.6 is 23.2 Å². The number of anilines is 1. The zero-order chi connectivity index (χ0) is 27.1. The molecule has 0 amide bonds. The maximum Gasteiger partial charge on any atom is 0.252 e. The first-order valence-corrected chi connectivity index (χ1v) is 13.3. The molecule has 1 aromatic carbocycles. The van der Waals surface area contributed by atoms with Gasteiger partial charge in [-0.2, -0.15) is 4.68 Å². The Balaban J connectivity index is 1.19. The smallest absolute Gasteiger partial charge is 0.252 e. The van der Waals surface area contributed by atoms with E-state index in [0.29, 0.717) is 39.9 Å². The monoisotopic (exact) mass is 571 g/mol. The highest BCUT2D eigenvalue weighted by atomic mass is 35.5. The summed E-state index contributed by atoms with van der Waals surface area (Å²) in [6.45, 7) is 4.22. The number of ether oxygens (including phenoxy) is 1. The molecule has 8 rings (SSSR count). The molecule has 3 atom stereocenters. The van der Waals surface area contributed by atoms with Crippen molar-refractivity contribution in [2.45, 2.75) is 18.4 Å². The molecule has 1 aliphatic carbocycles. The van der Waals surface area contributed by atoms with Crippen molar-refractivity contribution in [3.63, 3.8) is 0 Å². The lowest BCUT2D eigenvalue weighted by atomic mass is 10.0. The van der Waals surface area contributed by atoms with Gasteiger partial charge in [0.2, 0.25) is 5.88 Å². The molecule has 4 aromatic heterocycles. The number of pyridine rings is 2. The first-order valence-electron chi connectivity index (χ1n) is 12.6. The Morgan fingerprint density at radius 2 is 2.00 bits per heavy atom. The fraction of sp³-hybridized carbons (Fsp3) is 0.185. The molecule has 198 valence electrons. The summed E-state index contributed by atoms with van der Waals surface area (Å²) in [5.74, 6) is 1.58. The van der Waals surface area contributed by atoms with E-state index in [1.165, 1.54) is 6.33 Å². The number of nitrogens with one attached hydrogen (secondary N) is 2. The van der Waals surface area contributed by atoms with Gasteiger partial charge in [-0.05, 0) is 64.7 Å². The predicted octanol–water partition coefficient (Wildman–Crippen LogP) is 4.61. The summed E-state index contributed by atoms with van der Waals surface area (Å²) in [5, 5.41) is 15.6. The van der Waals surface area contributed by atoms with E-state index in [-0.39, 0.29) is 23.4 Å². The number of aromatic amines is 1. The van der Waals surface area contributed by atoms with Crippen molar-refractivity contribution in [3.8, 4) is 34.1 Å². The van der Waals surface area contributed by atoms with Crippen LogP contribution < -0.4 is 15.6 Å². The maximum atomic E-state index is 13.7. The van der Waals surface area contributed by atoms with E-state index in [4.69, 9.17) is 32.9 Å². The highest BCUT2D eigenvalue weighted by Gasteiger charge is 2.54. The number of H-pyrrole nitrogens is 1. The molecule has 1 fully saturated rings. The molecular weight excluding hydrogens is 553 g/mol. The Kier molecular flexibility index (Phi) is 4.98. The number of nitrogens with zero attached hydrogens (tertiary/aromatic N) is 7. The van der Waals surface area contributed by atoms with Crippen molar-refractivity contribution < 1.29 is 4.74 Å². The Morgan fingerprint density at radius 1 is 1.10 bits per heavy atom. The molecular formula is C27H19Cl2N9O2. The van der Waals surface area contributed by atoms with Gasteiger partial charge >= 0.3 is 0 Å². The quantitative estimate of drug-likeness (QED) is 0.320. The van der Waals surface area contributed by atoms with Crippen LogP contribution in [0.15, 0.2) is 65.9 Å². The van der Waals surface area contributed by atoms with E-state index in [2.05, 4.69) is 43.5 Å². The van der Waals surface area contributed by atoms with Crippen LogP contribution in [0.2, 0.25) is 10.2 Å². The Labute approximate surface area is 236 Å². The van der Waals surface area contributed by atoms with Gasteiger partial charge in [0.05, 0.1) is 17.4 Å². The number of aromatic nitrogens is 8. The van der Waals surface area contributed by atoms with Crippen LogP contribution in [-0.4, -0.2) is 46.3 Å². The summed E-state index contributed by atoms with van der Waals surface area (Å²) >= 11 is 13.0. The van der Waals surface area contributed by atoms with Gasteiger partial charge < -0.3 is 19.6 Å². The van der Waals surface area contributed by atoms with Gasteiger partial charge in [-0.1, -0.05) is 29.8 Å². The molecule has 0 spiro atoms. The molecule has 11 nitrogen and oxygen atoms in total. The maximum absolute atomic E-state index is 13.7. The molecule has 40 heavy (non-hydrogen) atoms. The van der Waals surface area contributed by atoms with E-state index in [1.54, 1.807) is 16.8 Å². The van der Waals surface area contributed by atoms with Gasteiger partial charge in [0.15, 0.2) is 0 Å². The van der Waals surface area contributed by atoms with Crippen LogP contribution in [0.5, 0.6) is 5.88 Å². The second-order valence-electron chi connectivity index (χ2n) is 10.1. The molecule has 2 aliphatic heterocycles. The van der Waals surface area contributed by atoms with Gasteiger partial charge in [0.25, 0.3) is 5.56 Å². The highest BCUT2D eigenvalue weighted by molar-refractivity contribution is 6.32. The number of hydrogen-bond acceptors (Lipinski definition) is 8. The van der Waals surface area contributed by atoms with E-state index < -0.39 is 0 Å². The number of halogens is 2. The predicted molar refractivity (Wildman–Crippen MR) is 148 cm³/mol. The third-order valence-corrected chi connectivity index (χ3v) is 8.13. The zero-order valence-electron chi connectivity index (χ0n) is 20.7. The van der Waals surface area contributed by atoms with Crippen LogP contribution in [0.3, 0.4) is 0 Å². The zero-order valence-corrected chi connectivity index (χ0v) is 22.2. The fourth-order valence-electron chi connectivity index (χ4n) is 5.81. The average Bonchev–Trinajstić information content (AvgIpc) is 3.24. The van der Waals surface area contributed by atoms with E-state index in [9.17, 15) is 4.79 Å². The normalized spacial score (nSPS) is 20.4. The Hall–Kier alpha value is -4.48. The van der Waals surface area contributed by atoms with E-state index >= 15 is 0 Å². The molecule has 2 N–H and O–H groups in total. The van der Waals surface area contributed by atoms with Gasteiger partial charge in [-0.25, -0.2) is 9.97 Å². The third-order valence-electron chi connectivity index (χ3n) is 7.62. The molecule has 3 unspecified atom stereocenters. The summed E-state index contributed by atoms with van der Waals surface area (Å²) in [7, 11) is 0. The van der Waals surface area contributed by atoms with Crippen LogP contribution in [0.1, 0.15) is 29.9 Å². The van der Waals surface area contributed by atoms with Crippen molar-refractivity contribution in [1.29, 1.82) is 0 Å². The Morgan fingerprint density at radius 3 is 2.85 bits per heavy atom. The molecule has 3 aliphatic rings. The molecule has 1 saturated carbocycles. The molecule has 0 saturated heterocycles. The summed E-state index contributed by atoms with van der Waals surface area (Å²) in [6.07, 6.45) is 2.46. The van der Waals surface area contributed by atoms with Gasteiger partial charge in [-0.3, -0.25) is 4.79 Å². The number of rotatable bonds is 4. The topological polar surface area (TPSA) is 128 Å². The molecule has 0 bridgehead atoms. The van der Waals surface area contributed by atoms with E-state index in [0.717, 1.165) is 40.3 Å².